The van der Waals surface area contributed by atoms with Gasteiger partial charge in [-0.3, -0.25) is 9.59 Å². The molecule has 0 aliphatic heterocycles. The van der Waals surface area contributed by atoms with E-state index in [1.54, 1.807) is 6.92 Å². The lowest BCUT2D eigenvalue weighted by atomic mass is 9.89. The van der Waals surface area contributed by atoms with E-state index in [1.165, 1.54) is 13.8 Å². The van der Waals surface area contributed by atoms with E-state index in [-0.39, 0.29) is 12.2 Å². The monoisotopic (exact) mass is 265 g/mol. The molecule has 0 aliphatic rings. The first-order valence-corrected chi connectivity index (χ1v) is 7.20. The van der Waals surface area contributed by atoms with Crippen molar-refractivity contribution in [2.45, 2.75) is 33.2 Å². The number of aliphatic carboxylic acids is 1. The van der Waals surface area contributed by atoms with E-state index in [0.29, 0.717) is 0 Å². The van der Waals surface area contributed by atoms with Crippen LogP contribution in [-0.4, -0.2) is 43.5 Å². The van der Waals surface area contributed by atoms with Gasteiger partial charge in [0.15, 0.2) is 0 Å². The third-order valence-corrected chi connectivity index (χ3v) is 3.25. The third-order valence-electron chi connectivity index (χ3n) is 2.14. The molecular weight excluding hydrogens is 246 g/mol. The van der Waals surface area contributed by atoms with E-state index in [2.05, 4.69) is 5.32 Å². The molecule has 6 nitrogen and oxygen atoms in total. The molecule has 0 rings (SSSR count). The van der Waals surface area contributed by atoms with Gasteiger partial charge in [-0.25, -0.2) is 8.42 Å². The Bertz CT molecular complexity index is 399. The van der Waals surface area contributed by atoms with Crippen LogP contribution in [0, 0.1) is 5.41 Å². The topological polar surface area (TPSA) is 101 Å². The molecule has 2 N–H and O–H groups in total. The minimum atomic E-state index is -3.16. The highest BCUT2D eigenvalue weighted by atomic mass is 32.2. The minimum absolute atomic E-state index is 0.160. The van der Waals surface area contributed by atoms with Crippen LogP contribution in [0.1, 0.15) is 27.2 Å². The highest BCUT2D eigenvalue weighted by Crippen LogP contribution is 2.20. The molecule has 7 heteroatoms. The molecule has 1 unspecified atom stereocenters. The fourth-order valence-electron chi connectivity index (χ4n) is 1.30. The van der Waals surface area contributed by atoms with E-state index >= 15 is 0 Å². The largest absolute Gasteiger partial charge is 0.481 e. The Kier molecular flexibility index (Phi) is 5.12. The van der Waals surface area contributed by atoms with Crippen molar-refractivity contribution < 1.29 is 23.1 Å². The predicted octanol–water partition coefficient (Wildman–Crippen LogP) is 0.0366. The molecule has 0 aromatic heterocycles. The van der Waals surface area contributed by atoms with Gasteiger partial charge in [-0.1, -0.05) is 0 Å². The van der Waals surface area contributed by atoms with Gasteiger partial charge in [0.1, 0.15) is 9.84 Å². The Balaban J connectivity index is 4.34. The van der Waals surface area contributed by atoms with Gasteiger partial charge >= 0.3 is 5.97 Å². The van der Waals surface area contributed by atoms with E-state index in [9.17, 15) is 18.0 Å². The number of sulfone groups is 1. The molecule has 17 heavy (non-hydrogen) atoms. The minimum Gasteiger partial charge on any atom is -0.481 e. The van der Waals surface area contributed by atoms with Crippen molar-refractivity contribution in [2.24, 2.45) is 5.41 Å². The summed E-state index contributed by atoms with van der Waals surface area (Å²) in [4.78, 5) is 22.3. The quantitative estimate of drug-likeness (QED) is 0.706. The van der Waals surface area contributed by atoms with Crippen molar-refractivity contribution in [3.63, 3.8) is 0 Å². The second-order valence-electron chi connectivity index (χ2n) is 4.93. The maximum Gasteiger partial charge on any atom is 0.309 e. The summed E-state index contributed by atoms with van der Waals surface area (Å²) < 4.78 is 21.9. The lowest BCUT2D eigenvalue weighted by Gasteiger charge is -2.20. The van der Waals surface area contributed by atoms with Gasteiger partial charge in [0.05, 0.1) is 11.2 Å². The molecule has 0 saturated heterocycles. The summed E-state index contributed by atoms with van der Waals surface area (Å²) in [5.74, 6) is -1.69. The average molecular weight is 265 g/mol. The Hall–Kier alpha value is -1.11. The molecule has 0 saturated carbocycles. The lowest BCUT2D eigenvalue weighted by Crippen LogP contribution is -2.40. The molecule has 0 radical (unpaired) electrons. The fourth-order valence-corrected chi connectivity index (χ4v) is 2.29. The Morgan fingerprint density at radius 1 is 1.35 bits per heavy atom. The lowest BCUT2D eigenvalue weighted by molar-refractivity contribution is -0.149. The van der Waals surface area contributed by atoms with Crippen LogP contribution in [0.4, 0.5) is 0 Å². The number of carbonyl (C=O) groups is 2. The fraction of sp³-hybridized carbons (Fsp3) is 0.800. The molecule has 100 valence electrons. The summed E-state index contributed by atoms with van der Waals surface area (Å²) in [6, 6.07) is -0.526. The van der Waals surface area contributed by atoms with E-state index < -0.39 is 33.2 Å². The van der Waals surface area contributed by atoms with Gasteiger partial charge in [0.25, 0.3) is 0 Å². The summed E-state index contributed by atoms with van der Waals surface area (Å²) >= 11 is 0. The standard InChI is InChI=1S/C10H19NO5S/c1-7(6-17(4,15)16)11-8(12)5-10(2,3)9(13)14/h7H,5-6H2,1-4H3,(H,11,12)(H,13,14). The van der Waals surface area contributed by atoms with Crippen molar-refractivity contribution in [2.75, 3.05) is 12.0 Å². The van der Waals surface area contributed by atoms with Gasteiger partial charge in [0, 0.05) is 18.7 Å². The number of hydrogen-bond acceptors (Lipinski definition) is 4. The number of carboxylic acids is 1. The normalized spacial score (nSPS) is 14.1. The van der Waals surface area contributed by atoms with Crippen LogP contribution in [0.5, 0.6) is 0 Å². The highest BCUT2D eigenvalue weighted by Gasteiger charge is 2.30. The first-order valence-electron chi connectivity index (χ1n) is 5.14. The molecule has 1 atom stereocenters. The predicted molar refractivity (Wildman–Crippen MR) is 63.3 cm³/mol. The van der Waals surface area contributed by atoms with Gasteiger partial charge in [-0.15, -0.1) is 0 Å². The smallest absolute Gasteiger partial charge is 0.309 e. The van der Waals surface area contributed by atoms with E-state index in [0.717, 1.165) is 6.26 Å². The first kappa shape index (κ1) is 15.9. The van der Waals surface area contributed by atoms with Gasteiger partial charge in [0.2, 0.25) is 5.91 Å². The zero-order valence-corrected chi connectivity index (χ0v) is 11.3. The zero-order valence-electron chi connectivity index (χ0n) is 10.5. The summed E-state index contributed by atoms with van der Waals surface area (Å²) in [6.45, 7) is 4.44. The van der Waals surface area contributed by atoms with Crippen LogP contribution in [0.15, 0.2) is 0 Å². The number of amides is 1. The van der Waals surface area contributed by atoms with Crippen molar-refractivity contribution in [3.05, 3.63) is 0 Å². The molecule has 0 fully saturated rings. The molecule has 0 bridgehead atoms. The highest BCUT2D eigenvalue weighted by molar-refractivity contribution is 7.90. The van der Waals surface area contributed by atoms with Crippen LogP contribution < -0.4 is 5.32 Å². The van der Waals surface area contributed by atoms with Gasteiger partial charge in [-0.05, 0) is 20.8 Å². The number of carboxylic acid groups (broad SMARTS) is 1. The van der Waals surface area contributed by atoms with Crippen LogP contribution >= 0.6 is 0 Å². The van der Waals surface area contributed by atoms with E-state index in [4.69, 9.17) is 5.11 Å². The number of carbonyl (C=O) groups excluding carboxylic acids is 1. The number of nitrogens with one attached hydrogen (secondary N) is 1. The SMILES string of the molecule is CC(CS(C)(=O)=O)NC(=O)CC(C)(C)C(=O)O. The van der Waals surface area contributed by atoms with Crippen molar-refractivity contribution >= 4 is 21.7 Å². The van der Waals surface area contributed by atoms with Gasteiger partial charge in [-0.2, -0.15) is 0 Å². The molecule has 0 aliphatic carbocycles. The Morgan fingerprint density at radius 3 is 2.18 bits per heavy atom. The van der Waals surface area contributed by atoms with Crippen LogP contribution in [0.3, 0.4) is 0 Å². The summed E-state index contributed by atoms with van der Waals surface area (Å²) in [5, 5.41) is 11.3. The third kappa shape index (κ3) is 6.93. The summed E-state index contributed by atoms with van der Waals surface area (Å²) in [7, 11) is -3.16. The summed E-state index contributed by atoms with van der Waals surface area (Å²) in [6.07, 6.45) is 0.896. The zero-order chi connectivity index (χ0) is 13.9. The number of hydrogen-bond donors (Lipinski definition) is 2. The molecule has 0 aromatic rings. The van der Waals surface area contributed by atoms with Crippen LogP contribution in [0.2, 0.25) is 0 Å². The van der Waals surface area contributed by atoms with Crippen molar-refractivity contribution in [3.8, 4) is 0 Å². The van der Waals surface area contributed by atoms with Crippen LogP contribution in [0.25, 0.3) is 0 Å². The Labute approximate surface area is 101 Å². The molecule has 1 amide bonds. The van der Waals surface area contributed by atoms with Crippen molar-refractivity contribution in [1.82, 2.24) is 5.32 Å². The molecular formula is C10H19NO5S. The van der Waals surface area contributed by atoms with Gasteiger partial charge < -0.3 is 10.4 Å². The van der Waals surface area contributed by atoms with Crippen molar-refractivity contribution in [1.29, 1.82) is 0 Å². The maximum atomic E-state index is 11.5. The number of rotatable bonds is 6. The first-order chi connectivity index (χ1) is 7.44. The Morgan fingerprint density at radius 2 is 1.82 bits per heavy atom. The molecule has 0 heterocycles. The second kappa shape index (κ2) is 5.48. The molecule has 0 aromatic carbocycles. The summed E-state index contributed by atoms with van der Waals surface area (Å²) in [5.41, 5.74) is -1.16. The molecule has 0 spiro atoms. The second-order valence-corrected chi connectivity index (χ2v) is 7.11. The average Bonchev–Trinajstić information content (AvgIpc) is 1.96. The van der Waals surface area contributed by atoms with Crippen LogP contribution in [-0.2, 0) is 19.4 Å². The van der Waals surface area contributed by atoms with E-state index in [1.807, 2.05) is 0 Å². The maximum absolute atomic E-state index is 11.5.